The molecule has 2 rings (SSSR count). The molecule has 3 atom stereocenters. The van der Waals surface area contributed by atoms with E-state index in [1.165, 1.54) is 27.7 Å². The second-order valence-electron chi connectivity index (χ2n) is 6.59. The Bertz CT molecular complexity index is 699. The highest BCUT2D eigenvalue weighted by Gasteiger charge is 2.71. The van der Waals surface area contributed by atoms with Crippen LogP contribution in [0.3, 0.4) is 0 Å². The number of esters is 1. The summed E-state index contributed by atoms with van der Waals surface area (Å²) in [6.07, 6.45) is -1.08. The minimum atomic E-state index is -3.88. The van der Waals surface area contributed by atoms with Gasteiger partial charge in [-0.2, -0.15) is 0 Å². The molecule has 0 aromatic rings. The predicted molar refractivity (Wildman–Crippen MR) is 79.1 cm³/mol. The van der Waals surface area contributed by atoms with Crippen molar-refractivity contribution in [3.8, 4) is 0 Å². The lowest BCUT2D eigenvalue weighted by molar-refractivity contribution is -0.207. The lowest BCUT2D eigenvalue weighted by atomic mass is 9.96. The zero-order chi connectivity index (χ0) is 18.7. The fourth-order valence-corrected chi connectivity index (χ4v) is 5.06. The van der Waals surface area contributed by atoms with E-state index < -0.39 is 55.9 Å². The monoisotopic (exact) mass is 364 g/mol. The second kappa shape index (κ2) is 5.31. The van der Waals surface area contributed by atoms with Gasteiger partial charge in [0.25, 0.3) is 5.79 Å². The van der Waals surface area contributed by atoms with Crippen LogP contribution >= 0.6 is 0 Å². The molecule has 0 unspecified atom stereocenters. The van der Waals surface area contributed by atoms with Crippen molar-refractivity contribution >= 4 is 27.9 Å². The van der Waals surface area contributed by atoms with Crippen LogP contribution in [-0.4, -0.2) is 66.5 Å². The quantitative estimate of drug-likeness (QED) is 0.383. The van der Waals surface area contributed by atoms with E-state index in [0.29, 0.717) is 0 Å². The summed E-state index contributed by atoms with van der Waals surface area (Å²) < 4.78 is 37.7. The Morgan fingerprint density at radius 1 is 1.25 bits per heavy atom. The van der Waals surface area contributed by atoms with Crippen LogP contribution in [0.1, 0.15) is 27.7 Å². The summed E-state index contributed by atoms with van der Waals surface area (Å²) in [5.74, 6) is -3.37. The normalized spacial score (nSPS) is 30.2. The molecular formula is C13H20N2O8S. The summed E-state index contributed by atoms with van der Waals surface area (Å²) in [4.78, 5) is 36.6. The third-order valence-electron chi connectivity index (χ3n) is 4.17. The largest absolute Gasteiger partial charge is 0.511 e. The van der Waals surface area contributed by atoms with Crippen molar-refractivity contribution in [1.29, 1.82) is 0 Å². The first-order valence-corrected chi connectivity index (χ1v) is 8.63. The fraction of sp³-hybridized carbons (Fsp3) is 0.769. The van der Waals surface area contributed by atoms with Gasteiger partial charge in [0.2, 0.25) is 5.91 Å². The average Bonchev–Trinajstić information content (AvgIpc) is 2.58. The third-order valence-corrected chi connectivity index (χ3v) is 7.02. The molecule has 2 aliphatic heterocycles. The number of hydrogen-bond donors (Lipinski definition) is 1. The van der Waals surface area contributed by atoms with Gasteiger partial charge in [0.15, 0.2) is 15.2 Å². The number of carbonyl (C=O) groups excluding carboxylic acids is 3. The average molecular weight is 364 g/mol. The number of β-lactam (4-membered cyclic amide) rings is 1. The molecule has 2 saturated heterocycles. The Morgan fingerprint density at radius 3 is 2.29 bits per heavy atom. The molecule has 0 aromatic carbocycles. The number of hydrogen-bond acceptors (Lipinski definition) is 9. The summed E-state index contributed by atoms with van der Waals surface area (Å²) in [6, 6.07) is -2.59. The van der Waals surface area contributed by atoms with E-state index in [1.807, 2.05) is 0 Å². The minimum Gasteiger partial charge on any atom is -0.438 e. The number of sulfone groups is 1. The number of amides is 1. The van der Waals surface area contributed by atoms with Crippen molar-refractivity contribution in [2.45, 2.75) is 55.7 Å². The Balaban J connectivity index is 2.29. The van der Waals surface area contributed by atoms with Crippen molar-refractivity contribution < 1.29 is 37.0 Å². The molecule has 2 aliphatic rings. The van der Waals surface area contributed by atoms with Crippen LogP contribution in [0.25, 0.3) is 0 Å². The van der Waals surface area contributed by atoms with Gasteiger partial charge in [-0.3, -0.25) is 4.79 Å². The van der Waals surface area contributed by atoms with E-state index in [4.69, 9.17) is 15.2 Å². The van der Waals surface area contributed by atoms with E-state index in [9.17, 15) is 22.8 Å². The van der Waals surface area contributed by atoms with E-state index in [2.05, 4.69) is 4.74 Å². The number of methoxy groups -OCH3 is 1. The molecule has 0 aromatic heterocycles. The molecule has 2 N–H and O–H groups in total. The van der Waals surface area contributed by atoms with Gasteiger partial charge in [-0.25, -0.2) is 18.0 Å². The van der Waals surface area contributed by atoms with Crippen LogP contribution < -0.4 is 5.73 Å². The summed E-state index contributed by atoms with van der Waals surface area (Å²) in [5.41, 5.74) is 5.57. The molecule has 10 nitrogen and oxygen atoms in total. The summed E-state index contributed by atoms with van der Waals surface area (Å²) in [7, 11) is -2.80. The van der Waals surface area contributed by atoms with Gasteiger partial charge >= 0.3 is 12.1 Å². The smallest absolute Gasteiger partial charge is 0.438 e. The first-order chi connectivity index (χ1) is 10.8. The Morgan fingerprint density at radius 2 is 1.79 bits per heavy atom. The lowest BCUT2D eigenvalue weighted by Crippen LogP contribution is -2.70. The molecule has 11 heteroatoms. The zero-order valence-electron chi connectivity index (χ0n) is 13.9. The van der Waals surface area contributed by atoms with Gasteiger partial charge in [-0.05, 0) is 13.8 Å². The summed E-state index contributed by atoms with van der Waals surface area (Å²) in [5, 5.41) is -1.26. The van der Waals surface area contributed by atoms with Crippen molar-refractivity contribution in [1.82, 2.24) is 4.90 Å². The fourth-order valence-electron chi connectivity index (χ4n) is 2.89. The predicted octanol–water partition coefficient (Wildman–Crippen LogP) is -0.880. The van der Waals surface area contributed by atoms with Crippen molar-refractivity contribution in [3.63, 3.8) is 0 Å². The molecule has 0 saturated carbocycles. The number of nitrogens with zero attached hydrogens (tertiary/aromatic N) is 1. The minimum absolute atomic E-state index is 0.650. The molecule has 0 bridgehead atoms. The Labute approximate surface area is 139 Å². The number of rotatable bonds is 3. The number of nitrogens with two attached hydrogens (primary N) is 1. The topological polar surface area (TPSA) is 142 Å². The number of ether oxygens (including phenoxy) is 3. The van der Waals surface area contributed by atoms with Crippen LogP contribution in [0.2, 0.25) is 0 Å². The maximum absolute atomic E-state index is 12.5. The van der Waals surface area contributed by atoms with Crippen LogP contribution in [-0.2, 0) is 33.6 Å². The van der Waals surface area contributed by atoms with E-state index >= 15 is 0 Å². The second-order valence-corrected chi connectivity index (χ2v) is 9.22. The maximum Gasteiger partial charge on any atom is 0.511 e. The zero-order valence-corrected chi connectivity index (χ0v) is 14.7. The van der Waals surface area contributed by atoms with Crippen LogP contribution in [0.4, 0.5) is 4.79 Å². The van der Waals surface area contributed by atoms with E-state index in [-0.39, 0.29) is 0 Å². The maximum atomic E-state index is 12.5. The molecular weight excluding hydrogens is 344 g/mol. The standard InChI is InChI=1S/C13H20N2O8S/c1-12(2)7(10(17)22-13(3,4)23-11(18)21-5)15-8(16)6(14)9(15)24(12,19)20/h6-7,9H,14H2,1-5H3/t6-,7+,9-/m1/s1. The van der Waals surface area contributed by atoms with Crippen molar-refractivity contribution in [2.24, 2.45) is 5.73 Å². The van der Waals surface area contributed by atoms with E-state index in [0.717, 1.165) is 12.0 Å². The number of fused-ring (bicyclic) bond motifs is 1. The summed E-state index contributed by atoms with van der Waals surface area (Å²) >= 11 is 0. The highest BCUT2D eigenvalue weighted by Crippen LogP contribution is 2.45. The highest BCUT2D eigenvalue weighted by atomic mass is 32.2. The van der Waals surface area contributed by atoms with E-state index in [1.54, 1.807) is 0 Å². The molecule has 0 spiro atoms. The number of carbonyl (C=O) groups is 3. The Hall–Kier alpha value is -1.88. The van der Waals surface area contributed by atoms with Gasteiger partial charge in [-0.15, -0.1) is 0 Å². The van der Waals surface area contributed by atoms with Crippen molar-refractivity contribution in [2.75, 3.05) is 7.11 Å². The molecule has 24 heavy (non-hydrogen) atoms. The Kier molecular flexibility index (Phi) is 4.09. The van der Waals surface area contributed by atoms with Crippen LogP contribution in [0.15, 0.2) is 0 Å². The van der Waals surface area contributed by atoms with Gasteiger partial charge in [0.1, 0.15) is 16.8 Å². The van der Waals surface area contributed by atoms with Crippen LogP contribution in [0.5, 0.6) is 0 Å². The third kappa shape index (κ3) is 2.42. The molecule has 1 amide bonds. The SMILES string of the molecule is COC(=O)OC(C)(C)OC(=O)[C@@H]1N2C(=O)[C@@H](N)[C@H]2S(=O)(=O)C1(C)C. The molecule has 0 radical (unpaired) electrons. The van der Waals surface area contributed by atoms with Gasteiger partial charge in [-0.1, -0.05) is 0 Å². The molecule has 2 fully saturated rings. The first-order valence-electron chi connectivity index (χ1n) is 7.09. The molecule has 2 heterocycles. The van der Waals surface area contributed by atoms with Gasteiger partial charge in [0, 0.05) is 13.8 Å². The van der Waals surface area contributed by atoms with Gasteiger partial charge < -0.3 is 24.8 Å². The molecule has 0 aliphatic carbocycles. The van der Waals surface area contributed by atoms with Gasteiger partial charge in [0.05, 0.1) is 7.11 Å². The molecule has 136 valence electrons. The van der Waals surface area contributed by atoms with Crippen LogP contribution in [0, 0.1) is 0 Å². The lowest BCUT2D eigenvalue weighted by Gasteiger charge is -2.41. The first kappa shape index (κ1) is 18.5. The highest BCUT2D eigenvalue weighted by molar-refractivity contribution is 7.94. The summed E-state index contributed by atoms with van der Waals surface area (Å²) in [6.45, 7) is 5.19. The van der Waals surface area contributed by atoms with Crippen molar-refractivity contribution in [3.05, 3.63) is 0 Å².